The van der Waals surface area contributed by atoms with Gasteiger partial charge in [-0.3, -0.25) is 9.59 Å². The Bertz CT molecular complexity index is 565. The van der Waals surface area contributed by atoms with Crippen LogP contribution in [-0.2, 0) is 19.4 Å². The summed E-state index contributed by atoms with van der Waals surface area (Å²) >= 11 is 0. The predicted octanol–water partition coefficient (Wildman–Crippen LogP) is -1.23. The second kappa shape index (κ2) is 5.05. The van der Waals surface area contributed by atoms with Crippen molar-refractivity contribution in [3.8, 4) is 0 Å². The van der Waals surface area contributed by atoms with Gasteiger partial charge in [0.2, 0.25) is 11.8 Å². The van der Waals surface area contributed by atoms with Crippen LogP contribution in [0.25, 0.3) is 0 Å². The van der Waals surface area contributed by atoms with Gasteiger partial charge in [-0.2, -0.15) is 0 Å². The number of nitrogens with two attached hydrogens (primary N) is 3. The normalized spacial score (nSPS) is 12.9. The van der Waals surface area contributed by atoms with Gasteiger partial charge in [0.15, 0.2) is 15.1 Å². The summed E-state index contributed by atoms with van der Waals surface area (Å²) in [6.07, 6.45) is -0.651. The first kappa shape index (κ1) is 14.0. The van der Waals surface area contributed by atoms with E-state index in [1.165, 1.54) is 24.3 Å². The Morgan fingerprint density at radius 3 is 2.00 bits per heavy atom. The van der Waals surface area contributed by atoms with E-state index in [1.807, 2.05) is 0 Å². The number of amides is 2. The number of primary amides is 2. The average molecular weight is 271 g/mol. The van der Waals surface area contributed by atoms with E-state index in [9.17, 15) is 18.0 Å². The Hall–Kier alpha value is -2.09. The lowest BCUT2D eigenvalue weighted by molar-refractivity contribution is -0.122. The number of anilines is 1. The number of carbonyl (C=O) groups is 2. The third-order valence-corrected chi connectivity index (χ3v) is 4.36. The summed E-state index contributed by atoms with van der Waals surface area (Å²) < 4.78 is 24.1. The first-order chi connectivity index (χ1) is 8.25. The molecule has 0 heterocycles. The lowest BCUT2D eigenvalue weighted by Gasteiger charge is -2.12. The second-order valence-corrected chi connectivity index (χ2v) is 5.81. The number of carbonyl (C=O) groups excluding carboxylic acids is 2. The first-order valence-corrected chi connectivity index (χ1v) is 6.47. The second-order valence-electron chi connectivity index (χ2n) is 3.68. The summed E-state index contributed by atoms with van der Waals surface area (Å²) in [6, 6.07) is 5.22. The molecule has 8 heteroatoms. The van der Waals surface area contributed by atoms with Crippen molar-refractivity contribution in [3.63, 3.8) is 0 Å². The van der Waals surface area contributed by atoms with E-state index in [1.54, 1.807) is 0 Å². The third kappa shape index (κ3) is 2.98. The van der Waals surface area contributed by atoms with Gasteiger partial charge in [-0.05, 0) is 24.3 Å². The maximum Gasteiger partial charge on any atom is 0.236 e. The zero-order valence-electron chi connectivity index (χ0n) is 9.37. The number of benzene rings is 1. The Labute approximate surface area is 104 Å². The predicted molar refractivity (Wildman–Crippen MR) is 64.8 cm³/mol. The lowest BCUT2D eigenvalue weighted by atomic mass is 10.3. The number of hydrogen-bond donors (Lipinski definition) is 3. The van der Waals surface area contributed by atoms with Crippen molar-refractivity contribution in [1.82, 2.24) is 0 Å². The number of hydrogen-bond acceptors (Lipinski definition) is 5. The van der Waals surface area contributed by atoms with Gasteiger partial charge in [-0.1, -0.05) is 0 Å². The standard InChI is InChI=1S/C10H13N3O4S/c11-6-1-3-7(4-2-6)18(16,17)8(10(13)15)5-9(12)14/h1-4,8H,5,11H2,(H2,12,14)(H2,13,15). The van der Waals surface area contributed by atoms with Gasteiger partial charge in [0.25, 0.3) is 0 Å². The molecule has 1 rings (SSSR count). The molecular weight excluding hydrogens is 258 g/mol. The molecule has 0 aliphatic heterocycles. The van der Waals surface area contributed by atoms with Crippen molar-refractivity contribution < 1.29 is 18.0 Å². The summed E-state index contributed by atoms with van der Waals surface area (Å²) in [7, 11) is -4.04. The van der Waals surface area contributed by atoms with Crippen LogP contribution in [-0.4, -0.2) is 25.5 Å². The van der Waals surface area contributed by atoms with E-state index in [4.69, 9.17) is 17.2 Å². The third-order valence-electron chi connectivity index (χ3n) is 2.29. The minimum Gasteiger partial charge on any atom is -0.399 e. The highest BCUT2D eigenvalue weighted by Gasteiger charge is 2.33. The molecule has 1 aromatic carbocycles. The molecule has 0 radical (unpaired) electrons. The summed E-state index contributed by atoms with van der Waals surface area (Å²) in [6.45, 7) is 0. The van der Waals surface area contributed by atoms with Crippen LogP contribution in [0.5, 0.6) is 0 Å². The number of rotatable bonds is 5. The van der Waals surface area contributed by atoms with Gasteiger partial charge in [0, 0.05) is 5.69 Å². The zero-order valence-corrected chi connectivity index (χ0v) is 10.2. The van der Waals surface area contributed by atoms with Crippen molar-refractivity contribution in [3.05, 3.63) is 24.3 Å². The highest BCUT2D eigenvalue weighted by molar-refractivity contribution is 7.92. The minimum absolute atomic E-state index is 0.137. The van der Waals surface area contributed by atoms with Gasteiger partial charge >= 0.3 is 0 Å². The van der Waals surface area contributed by atoms with Crippen molar-refractivity contribution in [2.75, 3.05) is 5.73 Å². The summed E-state index contributed by atoms with van der Waals surface area (Å²) in [5.41, 5.74) is 15.7. The summed E-state index contributed by atoms with van der Waals surface area (Å²) in [5, 5.41) is -1.67. The van der Waals surface area contributed by atoms with E-state index in [0.29, 0.717) is 5.69 Å². The van der Waals surface area contributed by atoms with Crippen LogP contribution >= 0.6 is 0 Å². The molecule has 1 aromatic rings. The number of nitrogen functional groups attached to an aromatic ring is 1. The maximum absolute atomic E-state index is 12.1. The largest absolute Gasteiger partial charge is 0.399 e. The van der Waals surface area contributed by atoms with Crippen molar-refractivity contribution >= 4 is 27.3 Å². The molecule has 6 N–H and O–H groups in total. The molecule has 1 atom stereocenters. The molecule has 0 aliphatic rings. The van der Waals surface area contributed by atoms with E-state index >= 15 is 0 Å². The van der Waals surface area contributed by atoms with Gasteiger partial charge in [0.05, 0.1) is 11.3 Å². The Morgan fingerprint density at radius 1 is 1.11 bits per heavy atom. The molecule has 98 valence electrons. The smallest absolute Gasteiger partial charge is 0.236 e. The monoisotopic (exact) mass is 271 g/mol. The molecule has 0 spiro atoms. The average Bonchev–Trinajstić information content (AvgIpc) is 2.25. The van der Waals surface area contributed by atoms with E-state index in [0.717, 1.165) is 0 Å². The zero-order chi connectivity index (χ0) is 13.9. The lowest BCUT2D eigenvalue weighted by Crippen LogP contribution is -2.39. The highest BCUT2D eigenvalue weighted by atomic mass is 32.2. The van der Waals surface area contributed by atoms with Crippen molar-refractivity contribution in [2.45, 2.75) is 16.6 Å². The SMILES string of the molecule is NC(=O)CC(C(N)=O)S(=O)(=O)c1ccc(N)cc1. The fourth-order valence-electron chi connectivity index (χ4n) is 1.37. The quantitative estimate of drug-likeness (QED) is 0.574. The fourth-order valence-corrected chi connectivity index (χ4v) is 2.90. The Kier molecular flexibility index (Phi) is 3.92. The van der Waals surface area contributed by atoms with Crippen molar-refractivity contribution in [2.24, 2.45) is 11.5 Å². The highest BCUT2D eigenvalue weighted by Crippen LogP contribution is 2.19. The summed E-state index contributed by atoms with van der Waals surface area (Å²) in [5.74, 6) is -2.04. The van der Waals surface area contributed by atoms with Gasteiger partial charge in [0.1, 0.15) is 0 Å². The van der Waals surface area contributed by atoms with Gasteiger partial charge in [-0.25, -0.2) is 8.42 Å². The van der Waals surface area contributed by atoms with Crippen LogP contribution < -0.4 is 17.2 Å². The van der Waals surface area contributed by atoms with Crippen LogP contribution in [0.15, 0.2) is 29.2 Å². The van der Waals surface area contributed by atoms with E-state index in [2.05, 4.69) is 0 Å². The fraction of sp³-hybridized carbons (Fsp3) is 0.200. The molecule has 0 saturated heterocycles. The van der Waals surface area contributed by atoms with E-state index < -0.39 is 33.3 Å². The van der Waals surface area contributed by atoms with Crippen LogP contribution in [0.1, 0.15) is 6.42 Å². The van der Waals surface area contributed by atoms with Crippen LogP contribution in [0, 0.1) is 0 Å². The molecule has 0 fully saturated rings. The first-order valence-electron chi connectivity index (χ1n) is 4.92. The molecule has 2 amide bonds. The molecule has 0 saturated carbocycles. The molecule has 0 aromatic heterocycles. The number of sulfone groups is 1. The molecule has 0 bridgehead atoms. The Morgan fingerprint density at radius 2 is 1.61 bits per heavy atom. The molecular formula is C10H13N3O4S. The molecule has 1 unspecified atom stereocenters. The van der Waals surface area contributed by atoms with E-state index in [-0.39, 0.29) is 4.90 Å². The van der Waals surface area contributed by atoms with Crippen molar-refractivity contribution in [1.29, 1.82) is 0 Å². The maximum atomic E-state index is 12.1. The summed E-state index contributed by atoms with van der Waals surface area (Å²) in [4.78, 5) is 21.8. The minimum atomic E-state index is -4.04. The molecule has 18 heavy (non-hydrogen) atoms. The van der Waals surface area contributed by atoms with Crippen LogP contribution in [0.4, 0.5) is 5.69 Å². The van der Waals surface area contributed by atoms with Gasteiger partial charge < -0.3 is 17.2 Å². The van der Waals surface area contributed by atoms with Gasteiger partial charge in [-0.15, -0.1) is 0 Å². The molecule has 7 nitrogen and oxygen atoms in total. The van der Waals surface area contributed by atoms with Crippen LogP contribution in [0.3, 0.4) is 0 Å². The topological polar surface area (TPSA) is 146 Å². The van der Waals surface area contributed by atoms with Crippen LogP contribution in [0.2, 0.25) is 0 Å². The Balaban J connectivity index is 3.21. The molecule has 0 aliphatic carbocycles.